The Hall–Kier alpha value is -0.910. The summed E-state index contributed by atoms with van der Waals surface area (Å²) in [4.78, 5) is 0. The minimum absolute atomic E-state index is 0.231. The van der Waals surface area contributed by atoms with Gasteiger partial charge in [0.25, 0.3) is 0 Å². The number of hydrogen-bond donors (Lipinski definition) is 1. The van der Waals surface area contributed by atoms with Crippen LogP contribution >= 0.6 is 0 Å². The Balaban J connectivity index is 1.97. The maximum absolute atomic E-state index is 12.5. The van der Waals surface area contributed by atoms with Gasteiger partial charge in [0.1, 0.15) is 0 Å². The summed E-state index contributed by atoms with van der Waals surface area (Å²) in [6, 6.07) is 8.57. The summed E-state index contributed by atoms with van der Waals surface area (Å²) in [6.07, 6.45) is 2.54. The van der Waals surface area contributed by atoms with E-state index >= 15 is 0 Å². The second-order valence-corrected chi connectivity index (χ2v) is 8.07. The molecule has 2 rings (SSSR count). The lowest BCUT2D eigenvalue weighted by atomic mass is 10.0. The highest BCUT2D eigenvalue weighted by atomic mass is 32.2. The Kier molecular flexibility index (Phi) is 5.79. The molecule has 0 saturated carbocycles. The summed E-state index contributed by atoms with van der Waals surface area (Å²) >= 11 is 0. The highest BCUT2D eigenvalue weighted by molar-refractivity contribution is 7.89. The van der Waals surface area contributed by atoms with Crippen LogP contribution in [0.25, 0.3) is 0 Å². The molecule has 0 saturated heterocycles. The molecule has 1 heterocycles. The molecule has 0 aromatic heterocycles. The topological polar surface area (TPSA) is 49.4 Å². The number of nitrogens with one attached hydrogen (secondary N) is 1. The molecule has 0 bridgehead atoms. The van der Waals surface area contributed by atoms with Gasteiger partial charge in [-0.2, -0.15) is 4.31 Å². The second-order valence-electron chi connectivity index (χ2n) is 5.98. The number of benzene rings is 1. The van der Waals surface area contributed by atoms with Crippen LogP contribution in [0.4, 0.5) is 0 Å². The number of rotatable bonds is 6. The number of sulfonamides is 1. The van der Waals surface area contributed by atoms with Crippen LogP contribution < -0.4 is 5.32 Å². The zero-order chi connectivity index (χ0) is 15.3. The molecule has 0 unspecified atom stereocenters. The first-order valence-electron chi connectivity index (χ1n) is 7.77. The maximum atomic E-state index is 12.5. The third-order valence-corrected chi connectivity index (χ3v) is 5.75. The van der Waals surface area contributed by atoms with Crippen LogP contribution in [0, 0.1) is 0 Å². The van der Waals surface area contributed by atoms with Gasteiger partial charge in [0.2, 0.25) is 10.0 Å². The molecular formula is C16H26N2O2S. The van der Waals surface area contributed by atoms with Crippen molar-refractivity contribution in [1.82, 2.24) is 9.62 Å². The average molecular weight is 310 g/mol. The van der Waals surface area contributed by atoms with Gasteiger partial charge in [0.15, 0.2) is 0 Å². The molecule has 1 aromatic carbocycles. The first-order valence-corrected chi connectivity index (χ1v) is 9.38. The lowest BCUT2D eigenvalue weighted by Gasteiger charge is -2.20. The summed E-state index contributed by atoms with van der Waals surface area (Å²) in [6.45, 7) is 6.05. The average Bonchev–Trinajstić information content (AvgIpc) is 2.66. The van der Waals surface area contributed by atoms with Crippen molar-refractivity contribution in [2.75, 3.05) is 18.8 Å². The molecule has 21 heavy (non-hydrogen) atoms. The number of fused-ring (bicyclic) bond motifs is 1. The predicted octanol–water partition coefficient (Wildman–Crippen LogP) is 2.15. The van der Waals surface area contributed by atoms with Gasteiger partial charge in [-0.3, -0.25) is 0 Å². The molecule has 4 nitrogen and oxygen atoms in total. The molecule has 1 N–H and O–H groups in total. The van der Waals surface area contributed by atoms with Gasteiger partial charge in [-0.25, -0.2) is 8.42 Å². The Morgan fingerprint density at radius 1 is 1.24 bits per heavy atom. The van der Waals surface area contributed by atoms with Gasteiger partial charge in [-0.1, -0.05) is 38.1 Å². The van der Waals surface area contributed by atoms with E-state index in [0.717, 1.165) is 24.9 Å². The first-order chi connectivity index (χ1) is 9.99. The minimum atomic E-state index is -3.15. The van der Waals surface area contributed by atoms with E-state index in [0.29, 0.717) is 25.6 Å². The van der Waals surface area contributed by atoms with E-state index in [1.54, 1.807) is 4.31 Å². The van der Waals surface area contributed by atoms with E-state index in [1.807, 2.05) is 18.2 Å². The van der Waals surface area contributed by atoms with E-state index in [2.05, 4.69) is 25.2 Å². The van der Waals surface area contributed by atoms with E-state index in [1.165, 1.54) is 5.56 Å². The minimum Gasteiger partial charge on any atom is -0.314 e. The summed E-state index contributed by atoms with van der Waals surface area (Å²) in [5.41, 5.74) is 2.44. The maximum Gasteiger partial charge on any atom is 0.214 e. The Labute approximate surface area is 128 Å². The van der Waals surface area contributed by atoms with E-state index in [-0.39, 0.29) is 5.75 Å². The predicted molar refractivity (Wildman–Crippen MR) is 86.7 cm³/mol. The second kappa shape index (κ2) is 7.38. The van der Waals surface area contributed by atoms with Crippen LogP contribution in [0.3, 0.4) is 0 Å². The number of nitrogens with zero attached hydrogens (tertiary/aromatic N) is 1. The van der Waals surface area contributed by atoms with Crippen molar-refractivity contribution < 1.29 is 8.42 Å². The van der Waals surface area contributed by atoms with E-state index < -0.39 is 10.0 Å². The highest BCUT2D eigenvalue weighted by Crippen LogP contribution is 2.20. The van der Waals surface area contributed by atoms with Gasteiger partial charge >= 0.3 is 0 Å². The van der Waals surface area contributed by atoms with Gasteiger partial charge in [0, 0.05) is 19.1 Å². The standard InChI is InChI=1S/C16H26N2O2S/c1-14(2)17-10-6-12-21(19,20)18-11-5-9-15-7-3-4-8-16(15)13-18/h3-4,7-8,14,17H,5-6,9-13H2,1-2H3. The summed E-state index contributed by atoms with van der Waals surface area (Å²) in [5.74, 6) is 0.231. The van der Waals surface area contributed by atoms with Crippen molar-refractivity contribution in [3.05, 3.63) is 35.4 Å². The van der Waals surface area contributed by atoms with Crippen molar-refractivity contribution >= 4 is 10.0 Å². The van der Waals surface area contributed by atoms with E-state index in [9.17, 15) is 8.42 Å². The fourth-order valence-corrected chi connectivity index (χ4v) is 4.19. The Morgan fingerprint density at radius 2 is 1.95 bits per heavy atom. The lowest BCUT2D eigenvalue weighted by molar-refractivity contribution is 0.408. The normalized spacial score (nSPS) is 16.7. The largest absolute Gasteiger partial charge is 0.314 e. The van der Waals surface area contributed by atoms with Crippen LogP contribution in [0.5, 0.6) is 0 Å². The van der Waals surface area contributed by atoms with Crippen LogP contribution in [0.15, 0.2) is 24.3 Å². The van der Waals surface area contributed by atoms with Gasteiger partial charge in [-0.05, 0) is 36.9 Å². The number of hydrogen-bond acceptors (Lipinski definition) is 3. The van der Waals surface area contributed by atoms with Crippen molar-refractivity contribution in [3.63, 3.8) is 0 Å². The van der Waals surface area contributed by atoms with E-state index in [4.69, 9.17) is 0 Å². The van der Waals surface area contributed by atoms with Gasteiger partial charge in [0.05, 0.1) is 5.75 Å². The zero-order valence-corrected chi connectivity index (χ0v) is 13.8. The van der Waals surface area contributed by atoms with Crippen LogP contribution in [-0.4, -0.2) is 37.6 Å². The molecule has 5 heteroatoms. The SMILES string of the molecule is CC(C)NCCCS(=O)(=O)N1CCCc2ccccc2C1. The molecule has 0 fully saturated rings. The van der Waals surface area contributed by atoms with Crippen molar-refractivity contribution in [3.8, 4) is 0 Å². The monoisotopic (exact) mass is 310 g/mol. The fraction of sp³-hybridized carbons (Fsp3) is 0.625. The quantitative estimate of drug-likeness (QED) is 0.819. The third-order valence-electron chi connectivity index (χ3n) is 3.84. The highest BCUT2D eigenvalue weighted by Gasteiger charge is 2.24. The summed E-state index contributed by atoms with van der Waals surface area (Å²) in [7, 11) is -3.15. The molecule has 0 radical (unpaired) electrons. The van der Waals surface area contributed by atoms with Crippen molar-refractivity contribution in [2.45, 2.75) is 45.7 Å². The molecule has 0 aliphatic carbocycles. The molecule has 118 valence electrons. The smallest absolute Gasteiger partial charge is 0.214 e. The summed E-state index contributed by atoms with van der Waals surface area (Å²) in [5, 5.41) is 3.27. The summed E-state index contributed by atoms with van der Waals surface area (Å²) < 4.78 is 26.6. The molecule has 1 aromatic rings. The fourth-order valence-electron chi connectivity index (χ4n) is 2.68. The molecule has 0 amide bonds. The molecule has 0 atom stereocenters. The van der Waals surface area contributed by atoms with Crippen molar-refractivity contribution in [2.24, 2.45) is 0 Å². The van der Waals surface area contributed by atoms with Crippen LogP contribution in [0.1, 0.15) is 37.8 Å². The zero-order valence-electron chi connectivity index (χ0n) is 13.0. The Morgan fingerprint density at radius 3 is 2.67 bits per heavy atom. The first kappa shape index (κ1) is 16.5. The van der Waals surface area contributed by atoms with Crippen LogP contribution in [-0.2, 0) is 23.0 Å². The van der Waals surface area contributed by atoms with Gasteiger partial charge in [-0.15, -0.1) is 0 Å². The molecular weight excluding hydrogens is 284 g/mol. The Bertz CT molecular complexity index is 555. The van der Waals surface area contributed by atoms with Gasteiger partial charge < -0.3 is 5.32 Å². The lowest BCUT2D eigenvalue weighted by Crippen LogP contribution is -2.34. The molecule has 1 aliphatic rings. The van der Waals surface area contributed by atoms with Crippen molar-refractivity contribution in [1.29, 1.82) is 0 Å². The third kappa shape index (κ3) is 4.80. The number of aryl methyl sites for hydroxylation is 1. The molecule has 0 spiro atoms. The molecule has 1 aliphatic heterocycles. The van der Waals surface area contributed by atoms with Crippen LogP contribution in [0.2, 0.25) is 0 Å².